The zero-order valence-corrected chi connectivity index (χ0v) is 13.5. The summed E-state index contributed by atoms with van der Waals surface area (Å²) in [7, 11) is 1.68. The molecule has 2 heterocycles. The minimum absolute atomic E-state index is 0.873. The number of hydrogen-bond donors (Lipinski definition) is 0. The Morgan fingerprint density at radius 2 is 1.61 bits per heavy atom. The van der Waals surface area contributed by atoms with Gasteiger partial charge in [-0.25, -0.2) is 4.98 Å². The molecule has 3 heteroatoms. The predicted molar refractivity (Wildman–Crippen MR) is 97.0 cm³/mol. The molecule has 23 heavy (non-hydrogen) atoms. The maximum atomic E-state index is 5.23. The molecule has 0 saturated carbocycles. The molecule has 0 spiro atoms. The first-order valence-corrected chi connectivity index (χ1v) is 8.31. The van der Waals surface area contributed by atoms with Crippen molar-refractivity contribution in [2.45, 2.75) is 0 Å². The summed E-state index contributed by atoms with van der Waals surface area (Å²) in [6, 6.07) is 22.7. The fraction of sp³-hybridized carbons (Fsp3) is 0.0500. The van der Waals surface area contributed by atoms with Crippen molar-refractivity contribution in [3.05, 3.63) is 72.1 Å². The van der Waals surface area contributed by atoms with Crippen molar-refractivity contribution in [2.24, 2.45) is 0 Å². The van der Waals surface area contributed by atoms with Crippen LogP contribution in [0.2, 0.25) is 0 Å². The summed E-state index contributed by atoms with van der Waals surface area (Å²) in [5.41, 5.74) is 4.57. The van der Waals surface area contributed by atoms with Crippen molar-refractivity contribution < 1.29 is 4.74 Å². The van der Waals surface area contributed by atoms with Crippen LogP contribution in [0.4, 0.5) is 0 Å². The molecule has 0 saturated heterocycles. The number of aromatic nitrogens is 1. The summed E-state index contributed by atoms with van der Waals surface area (Å²) < 4.78 is 5.23. The van der Waals surface area contributed by atoms with E-state index < -0.39 is 0 Å². The molecule has 2 aromatic heterocycles. The molecule has 4 aromatic rings. The number of ether oxygens (including phenoxy) is 1. The lowest BCUT2D eigenvalue weighted by Gasteiger charge is -2.04. The van der Waals surface area contributed by atoms with E-state index in [0.29, 0.717) is 0 Å². The van der Waals surface area contributed by atoms with E-state index in [1.54, 1.807) is 18.4 Å². The number of fused-ring (bicyclic) bond motifs is 1. The largest absolute Gasteiger partial charge is 0.497 e. The van der Waals surface area contributed by atoms with Crippen LogP contribution in [0.15, 0.2) is 72.1 Å². The second-order valence-corrected chi connectivity index (χ2v) is 6.15. The Labute approximate surface area is 139 Å². The van der Waals surface area contributed by atoms with Gasteiger partial charge in [-0.3, -0.25) is 0 Å². The van der Waals surface area contributed by atoms with Crippen molar-refractivity contribution in [1.82, 2.24) is 4.98 Å². The molecule has 0 atom stereocenters. The van der Waals surface area contributed by atoms with E-state index in [2.05, 4.69) is 41.8 Å². The van der Waals surface area contributed by atoms with Crippen molar-refractivity contribution in [3.63, 3.8) is 0 Å². The molecule has 0 aliphatic rings. The normalized spacial score (nSPS) is 10.8. The molecule has 0 fully saturated rings. The Balaban J connectivity index is 1.78. The van der Waals surface area contributed by atoms with Crippen LogP contribution >= 0.6 is 11.3 Å². The van der Waals surface area contributed by atoms with E-state index in [9.17, 15) is 0 Å². The van der Waals surface area contributed by atoms with Gasteiger partial charge in [-0.05, 0) is 29.8 Å². The molecule has 0 bridgehead atoms. The fourth-order valence-electron chi connectivity index (χ4n) is 2.68. The van der Waals surface area contributed by atoms with E-state index in [-0.39, 0.29) is 0 Å². The van der Waals surface area contributed by atoms with Crippen LogP contribution in [0.3, 0.4) is 0 Å². The van der Waals surface area contributed by atoms with Gasteiger partial charge >= 0.3 is 0 Å². The van der Waals surface area contributed by atoms with Crippen LogP contribution in [-0.4, -0.2) is 12.1 Å². The molecule has 0 radical (unpaired) electrons. The Bertz CT molecular complexity index is 942. The average Bonchev–Trinajstić information content (AvgIpc) is 3.05. The van der Waals surface area contributed by atoms with Gasteiger partial charge < -0.3 is 4.74 Å². The number of nitrogens with zero attached hydrogens (tertiary/aromatic N) is 1. The first-order chi connectivity index (χ1) is 11.3. The number of hydrogen-bond acceptors (Lipinski definition) is 3. The highest BCUT2D eigenvalue weighted by atomic mass is 32.1. The van der Waals surface area contributed by atoms with Crippen molar-refractivity contribution in [2.75, 3.05) is 7.11 Å². The van der Waals surface area contributed by atoms with Gasteiger partial charge in [0.05, 0.1) is 12.8 Å². The van der Waals surface area contributed by atoms with Gasteiger partial charge in [0.25, 0.3) is 0 Å². The predicted octanol–water partition coefficient (Wildman–Crippen LogP) is 5.64. The lowest BCUT2D eigenvalue weighted by Crippen LogP contribution is -1.84. The third-order valence-electron chi connectivity index (χ3n) is 3.91. The third kappa shape index (κ3) is 2.60. The fourth-order valence-corrected chi connectivity index (χ4v) is 3.63. The first-order valence-electron chi connectivity index (χ1n) is 7.43. The lowest BCUT2D eigenvalue weighted by atomic mass is 10.0. The highest BCUT2D eigenvalue weighted by molar-refractivity contribution is 7.17. The Morgan fingerprint density at radius 3 is 2.35 bits per heavy atom. The summed E-state index contributed by atoms with van der Waals surface area (Å²) in [6.45, 7) is 0. The van der Waals surface area contributed by atoms with Gasteiger partial charge in [-0.1, -0.05) is 42.5 Å². The van der Waals surface area contributed by atoms with Gasteiger partial charge in [0.1, 0.15) is 10.6 Å². The second kappa shape index (κ2) is 5.86. The molecule has 112 valence electrons. The number of benzene rings is 2. The molecule has 0 unspecified atom stereocenters. The minimum Gasteiger partial charge on any atom is -0.497 e. The summed E-state index contributed by atoms with van der Waals surface area (Å²) >= 11 is 1.69. The number of methoxy groups -OCH3 is 1. The van der Waals surface area contributed by atoms with Crippen LogP contribution in [0.25, 0.3) is 32.6 Å². The summed E-state index contributed by atoms with van der Waals surface area (Å²) in [4.78, 5) is 5.89. The van der Waals surface area contributed by atoms with E-state index in [1.165, 1.54) is 16.5 Å². The number of pyridine rings is 1. The second-order valence-electron chi connectivity index (χ2n) is 5.29. The highest BCUT2D eigenvalue weighted by Crippen LogP contribution is 2.35. The summed E-state index contributed by atoms with van der Waals surface area (Å²) in [6.07, 6.45) is 0. The zero-order valence-electron chi connectivity index (χ0n) is 12.7. The quantitative estimate of drug-likeness (QED) is 0.488. The molecule has 2 nitrogen and oxygen atoms in total. The third-order valence-corrected chi connectivity index (χ3v) is 4.80. The molecular weight excluding hydrogens is 302 g/mol. The molecule has 0 aliphatic carbocycles. The first kappa shape index (κ1) is 14.0. The maximum absolute atomic E-state index is 5.23. The van der Waals surface area contributed by atoms with Crippen LogP contribution < -0.4 is 4.74 Å². The highest BCUT2D eigenvalue weighted by Gasteiger charge is 2.09. The minimum atomic E-state index is 0.873. The topological polar surface area (TPSA) is 22.1 Å². The van der Waals surface area contributed by atoms with E-state index in [4.69, 9.17) is 9.72 Å². The van der Waals surface area contributed by atoms with Crippen LogP contribution in [0.1, 0.15) is 0 Å². The Morgan fingerprint density at radius 1 is 0.826 bits per heavy atom. The van der Waals surface area contributed by atoms with Gasteiger partial charge in [0, 0.05) is 21.9 Å². The van der Waals surface area contributed by atoms with Crippen LogP contribution in [0.5, 0.6) is 5.75 Å². The van der Waals surface area contributed by atoms with Crippen LogP contribution in [0, 0.1) is 0 Å². The van der Waals surface area contributed by atoms with E-state index in [0.717, 1.165) is 21.8 Å². The standard InChI is InChI=1S/C20H15NOS/c1-22-16-9-7-14(8-10-16)18-13-23-20-17(18)11-12-19(21-20)15-5-3-2-4-6-15/h2-13H,1H3. The van der Waals surface area contributed by atoms with E-state index >= 15 is 0 Å². The Hall–Kier alpha value is -2.65. The molecular formula is C20H15NOS. The van der Waals surface area contributed by atoms with Gasteiger partial charge in [-0.2, -0.15) is 0 Å². The lowest BCUT2D eigenvalue weighted by molar-refractivity contribution is 0.415. The average molecular weight is 317 g/mol. The SMILES string of the molecule is COc1ccc(-c2csc3nc(-c4ccccc4)ccc23)cc1. The van der Waals surface area contributed by atoms with Crippen molar-refractivity contribution in [1.29, 1.82) is 0 Å². The summed E-state index contributed by atoms with van der Waals surface area (Å²) in [5.74, 6) is 0.873. The summed E-state index contributed by atoms with van der Waals surface area (Å²) in [5, 5.41) is 3.37. The van der Waals surface area contributed by atoms with Gasteiger partial charge in [0.15, 0.2) is 0 Å². The van der Waals surface area contributed by atoms with Gasteiger partial charge in [-0.15, -0.1) is 11.3 Å². The molecule has 4 rings (SSSR count). The van der Waals surface area contributed by atoms with E-state index in [1.807, 2.05) is 30.3 Å². The smallest absolute Gasteiger partial charge is 0.124 e. The molecule has 0 N–H and O–H groups in total. The van der Waals surface area contributed by atoms with Gasteiger partial charge in [0.2, 0.25) is 0 Å². The zero-order chi connectivity index (χ0) is 15.6. The van der Waals surface area contributed by atoms with Crippen molar-refractivity contribution in [3.8, 4) is 28.1 Å². The number of rotatable bonds is 3. The molecule has 2 aromatic carbocycles. The van der Waals surface area contributed by atoms with Crippen molar-refractivity contribution >= 4 is 21.6 Å². The van der Waals surface area contributed by atoms with Crippen LogP contribution in [-0.2, 0) is 0 Å². The molecule has 0 aliphatic heterocycles. The maximum Gasteiger partial charge on any atom is 0.124 e. The Kier molecular flexibility index (Phi) is 3.56. The number of thiophene rings is 1. The monoisotopic (exact) mass is 317 g/mol. The molecule has 0 amide bonds.